The molecule has 2 heterocycles. The zero-order valence-electron chi connectivity index (χ0n) is 13.3. The molecule has 1 aromatic carbocycles. The van der Waals surface area contributed by atoms with Crippen LogP contribution in [0, 0.1) is 6.92 Å². The highest BCUT2D eigenvalue weighted by atomic mass is 35.5. The molecule has 3 rings (SSSR count). The average molecular weight is 404 g/mol. The molecule has 0 atom stereocenters. The lowest BCUT2D eigenvalue weighted by molar-refractivity contribution is 0.0687. The van der Waals surface area contributed by atoms with E-state index in [0.29, 0.717) is 5.76 Å². The van der Waals surface area contributed by atoms with Crippen LogP contribution in [0.1, 0.15) is 16.2 Å². The molecule has 1 fully saturated rings. The van der Waals surface area contributed by atoms with Crippen molar-refractivity contribution in [2.24, 2.45) is 0 Å². The van der Waals surface area contributed by atoms with Crippen molar-refractivity contribution in [1.29, 1.82) is 0 Å². The zero-order valence-corrected chi connectivity index (χ0v) is 15.6. The van der Waals surface area contributed by atoms with E-state index < -0.39 is 10.0 Å². The number of benzene rings is 1. The Bertz CT molecular complexity index is 885. The molecular formula is C15H15Cl2N3O4S. The Morgan fingerprint density at radius 1 is 1.16 bits per heavy atom. The van der Waals surface area contributed by atoms with Crippen LogP contribution in [0.25, 0.3) is 0 Å². The largest absolute Gasteiger partial charge is 0.361 e. The van der Waals surface area contributed by atoms with Crippen molar-refractivity contribution in [2.75, 3.05) is 26.2 Å². The van der Waals surface area contributed by atoms with E-state index in [-0.39, 0.29) is 52.7 Å². The third-order valence-corrected chi connectivity index (χ3v) is 6.74. The predicted molar refractivity (Wildman–Crippen MR) is 92.4 cm³/mol. The van der Waals surface area contributed by atoms with Crippen molar-refractivity contribution in [3.63, 3.8) is 0 Å². The van der Waals surface area contributed by atoms with E-state index in [4.69, 9.17) is 27.7 Å². The van der Waals surface area contributed by atoms with Crippen molar-refractivity contribution < 1.29 is 17.7 Å². The molecule has 0 unspecified atom stereocenters. The van der Waals surface area contributed by atoms with E-state index >= 15 is 0 Å². The van der Waals surface area contributed by atoms with Crippen LogP contribution in [0.3, 0.4) is 0 Å². The maximum absolute atomic E-state index is 12.8. The number of halogens is 2. The minimum Gasteiger partial charge on any atom is -0.361 e. The fraction of sp³-hybridized carbons (Fsp3) is 0.333. The van der Waals surface area contributed by atoms with Crippen LogP contribution in [0.15, 0.2) is 33.7 Å². The van der Waals surface area contributed by atoms with Gasteiger partial charge in [-0.25, -0.2) is 8.42 Å². The van der Waals surface area contributed by atoms with Crippen molar-refractivity contribution in [2.45, 2.75) is 11.8 Å². The number of carbonyl (C=O) groups is 1. The number of rotatable bonds is 3. The molecular weight excluding hydrogens is 389 g/mol. The van der Waals surface area contributed by atoms with E-state index in [9.17, 15) is 13.2 Å². The molecule has 10 heteroatoms. The summed E-state index contributed by atoms with van der Waals surface area (Å²) in [7, 11) is -3.84. The Morgan fingerprint density at radius 2 is 1.76 bits per heavy atom. The van der Waals surface area contributed by atoms with E-state index in [1.807, 2.05) is 0 Å². The minimum absolute atomic E-state index is 0.0732. The van der Waals surface area contributed by atoms with Crippen LogP contribution >= 0.6 is 23.2 Å². The van der Waals surface area contributed by atoms with Crippen LogP contribution in [0.5, 0.6) is 0 Å². The third-order valence-electron chi connectivity index (χ3n) is 3.89. The topological polar surface area (TPSA) is 83.7 Å². The van der Waals surface area contributed by atoms with Crippen LogP contribution < -0.4 is 0 Å². The number of amides is 1. The molecule has 0 radical (unpaired) electrons. The molecule has 1 amide bonds. The highest BCUT2D eigenvalue weighted by Gasteiger charge is 2.33. The van der Waals surface area contributed by atoms with E-state index in [2.05, 4.69) is 5.16 Å². The maximum Gasteiger partial charge on any atom is 0.276 e. The molecule has 1 aromatic heterocycles. The second-order valence-corrected chi connectivity index (χ2v) is 8.26. The molecule has 1 saturated heterocycles. The first-order chi connectivity index (χ1) is 11.8. The van der Waals surface area contributed by atoms with Crippen LogP contribution in [0.4, 0.5) is 0 Å². The summed E-state index contributed by atoms with van der Waals surface area (Å²) in [5.41, 5.74) is 0.211. The second-order valence-electron chi connectivity index (χ2n) is 5.57. The van der Waals surface area contributed by atoms with Gasteiger partial charge in [-0.15, -0.1) is 0 Å². The summed E-state index contributed by atoms with van der Waals surface area (Å²) in [4.78, 5) is 13.8. The maximum atomic E-state index is 12.8. The normalized spacial score (nSPS) is 16.2. The van der Waals surface area contributed by atoms with Gasteiger partial charge in [0.15, 0.2) is 5.69 Å². The highest BCUT2D eigenvalue weighted by Crippen LogP contribution is 2.31. The van der Waals surface area contributed by atoms with Gasteiger partial charge in [0.25, 0.3) is 5.91 Å². The summed E-state index contributed by atoms with van der Waals surface area (Å²) in [6.45, 7) is 2.47. The lowest BCUT2D eigenvalue weighted by atomic mass is 10.3. The highest BCUT2D eigenvalue weighted by molar-refractivity contribution is 7.89. The standard InChI is InChI=1S/C15H15Cl2N3O4S/c1-10-9-13(18-24-10)15(21)19-5-7-20(8-6-19)25(22,23)14-11(16)3-2-4-12(14)17/h2-4,9H,5-8H2,1H3. The predicted octanol–water partition coefficient (Wildman–Crippen LogP) is 2.44. The number of sulfonamides is 1. The lowest BCUT2D eigenvalue weighted by Crippen LogP contribution is -2.50. The van der Waals surface area contributed by atoms with E-state index in [1.165, 1.54) is 21.3 Å². The van der Waals surface area contributed by atoms with Gasteiger partial charge in [0.2, 0.25) is 10.0 Å². The van der Waals surface area contributed by atoms with Gasteiger partial charge in [0.1, 0.15) is 10.7 Å². The van der Waals surface area contributed by atoms with E-state index in [1.54, 1.807) is 19.1 Å². The molecule has 0 saturated carbocycles. The molecule has 25 heavy (non-hydrogen) atoms. The molecule has 7 nitrogen and oxygen atoms in total. The molecule has 0 aliphatic carbocycles. The Balaban J connectivity index is 1.75. The summed E-state index contributed by atoms with van der Waals surface area (Å²) in [5.74, 6) is 0.252. The van der Waals surface area contributed by atoms with Gasteiger partial charge in [-0.3, -0.25) is 4.79 Å². The summed E-state index contributed by atoms with van der Waals surface area (Å²) >= 11 is 12.0. The van der Waals surface area contributed by atoms with Gasteiger partial charge in [0.05, 0.1) is 10.0 Å². The number of carbonyl (C=O) groups excluding carboxylic acids is 1. The number of hydrogen-bond acceptors (Lipinski definition) is 5. The first kappa shape index (κ1) is 18.2. The number of piperazine rings is 1. The molecule has 0 bridgehead atoms. The van der Waals surface area contributed by atoms with Gasteiger partial charge in [-0.1, -0.05) is 34.4 Å². The van der Waals surface area contributed by atoms with Crippen LogP contribution in [-0.2, 0) is 10.0 Å². The first-order valence-corrected chi connectivity index (χ1v) is 9.67. The Kier molecular flexibility index (Phi) is 5.06. The number of nitrogens with zero attached hydrogens (tertiary/aromatic N) is 3. The van der Waals surface area contributed by atoms with Crippen LogP contribution in [-0.4, -0.2) is 54.9 Å². The Labute approximate surface area is 155 Å². The lowest BCUT2D eigenvalue weighted by Gasteiger charge is -2.33. The quantitative estimate of drug-likeness (QED) is 0.785. The SMILES string of the molecule is Cc1cc(C(=O)N2CCN(S(=O)(=O)c3c(Cl)cccc3Cl)CC2)no1. The van der Waals surface area contributed by atoms with E-state index in [0.717, 1.165) is 0 Å². The van der Waals surface area contributed by atoms with Crippen molar-refractivity contribution in [3.05, 3.63) is 45.8 Å². The molecule has 1 aliphatic heterocycles. The third kappa shape index (κ3) is 3.52. The molecule has 0 spiro atoms. The summed E-state index contributed by atoms with van der Waals surface area (Å²) in [6.07, 6.45) is 0. The minimum atomic E-state index is -3.84. The van der Waals surface area contributed by atoms with Crippen molar-refractivity contribution >= 4 is 39.1 Å². The summed E-state index contributed by atoms with van der Waals surface area (Å²) in [5, 5.41) is 3.84. The fourth-order valence-electron chi connectivity index (χ4n) is 2.62. The number of aryl methyl sites for hydroxylation is 1. The zero-order chi connectivity index (χ0) is 18.2. The fourth-order valence-corrected chi connectivity index (χ4v) is 5.13. The van der Waals surface area contributed by atoms with Gasteiger partial charge < -0.3 is 9.42 Å². The van der Waals surface area contributed by atoms with Gasteiger partial charge in [-0.05, 0) is 19.1 Å². The van der Waals surface area contributed by atoms with Crippen LogP contribution in [0.2, 0.25) is 10.0 Å². The molecule has 2 aromatic rings. The Hall–Kier alpha value is -1.61. The van der Waals surface area contributed by atoms with Gasteiger partial charge in [-0.2, -0.15) is 4.31 Å². The number of aromatic nitrogens is 1. The number of hydrogen-bond donors (Lipinski definition) is 0. The summed E-state index contributed by atoms with van der Waals surface area (Å²) in [6, 6.07) is 6.09. The van der Waals surface area contributed by atoms with Crippen molar-refractivity contribution in [1.82, 2.24) is 14.4 Å². The van der Waals surface area contributed by atoms with Crippen molar-refractivity contribution in [3.8, 4) is 0 Å². The van der Waals surface area contributed by atoms with Gasteiger partial charge >= 0.3 is 0 Å². The second kappa shape index (κ2) is 6.95. The van der Waals surface area contributed by atoms with Gasteiger partial charge in [0, 0.05) is 32.2 Å². The molecule has 1 aliphatic rings. The average Bonchev–Trinajstić information content (AvgIpc) is 3.00. The summed E-state index contributed by atoms with van der Waals surface area (Å²) < 4.78 is 31.8. The smallest absolute Gasteiger partial charge is 0.276 e. The molecule has 134 valence electrons. The first-order valence-electron chi connectivity index (χ1n) is 7.47. The Morgan fingerprint density at radius 3 is 2.28 bits per heavy atom. The monoisotopic (exact) mass is 403 g/mol. The molecule has 0 N–H and O–H groups in total.